The Morgan fingerprint density at radius 2 is 1.05 bits per heavy atom. The monoisotopic (exact) mass is 521 g/mol. The average molecular weight is 522 g/mol. The van der Waals surface area contributed by atoms with Crippen LogP contribution in [-0.2, 0) is 25.1 Å². The lowest BCUT2D eigenvalue weighted by atomic mass is 10.1. The lowest BCUT2D eigenvalue weighted by Gasteiger charge is -2.43. The molecule has 0 spiro atoms. The minimum Gasteiger partial charge on any atom is -0.405 e. The number of anilines is 1. The Kier molecular flexibility index (Phi) is 11.8. The van der Waals surface area contributed by atoms with Crippen LogP contribution in [0.1, 0.15) is 32.8 Å². The van der Waals surface area contributed by atoms with Crippen LogP contribution in [0, 0.1) is 0 Å². The van der Waals surface area contributed by atoms with Crippen molar-refractivity contribution in [3.63, 3.8) is 0 Å². The van der Waals surface area contributed by atoms with Gasteiger partial charge in [-0.25, -0.2) is 0 Å². The van der Waals surface area contributed by atoms with Gasteiger partial charge in [0.05, 0.1) is 39.6 Å². The van der Waals surface area contributed by atoms with Crippen molar-refractivity contribution in [1.29, 1.82) is 0 Å². The number of hydrogen-bond donors (Lipinski definition) is 1. The van der Waals surface area contributed by atoms with Crippen LogP contribution in [0.25, 0.3) is 0 Å². The summed E-state index contributed by atoms with van der Waals surface area (Å²) in [7, 11) is -2.50. The third kappa shape index (κ3) is 8.80. The van der Waals surface area contributed by atoms with E-state index in [1.54, 1.807) is 0 Å². The van der Waals surface area contributed by atoms with E-state index < -0.39 is 8.32 Å². The summed E-state index contributed by atoms with van der Waals surface area (Å²) >= 11 is 0. The molecule has 200 valence electrons. The summed E-state index contributed by atoms with van der Waals surface area (Å²) in [5.41, 5.74) is 7.80. The molecule has 0 saturated heterocycles. The molecule has 2 N–H and O–H groups in total. The zero-order chi connectivity index (χ0) is 26.4. The first kappa shape index (κ1) is 29.1. The van der Waals surface area contributed by atoms with Crippen LogP contribution in [0.4, 0.5) is 5.69 Å². The maximum absolute atomic E-state index is 6.83. The first-order valence-corrected chi connectivity index (χ1v) is 15.2. The fraction of sp³-hybridized carbons (Fsp3) is 0.419. The van der Waals surface area contributed by atoms with E-state index in [1.807, 2.05) is 12.1 Å². The highest BCUT2D eigenvalue weighted by molar-refractivity contribution is 6.99. The maximum atomic E-state index is 6.83. The number of ether oxygens (including phenoxy) is 3. The number of rotatable bonds is 16. The Hall–Kier alpha value is -2.48. The first-order valence-electron chi connectivity index (χ1n) is 13.3. The van der Waals surface area contributed by atoms with Crippen LogP contribution in [-0.4, -0.2) is 54.6 Å². The van der Waals surface area contributed by atoms with Crippen LogP contribution in [0.5, 0.6) is 0 Å². The summed E-state index contributed by atoms with van der Waals surface area (Å²) in [6.07, 6.45) is 1.98. The van der Waals surface area contributed by atoms with Gasteiger partial charge >= 0.3 is 0 Å². The molecule has 0 heterocycles. The van der Waals surface area contributed by atoms with E-state index in [-0.39, 0.29) is 5.04 Å². The van der Waals surface area contributed by atoms with Crippen LogP contribution in [0.15, 0.2) is 84.9 Å². The average Bonchev–Trinajstić information content (AvgIpc) is 2.90. The summed E-state index contributed by atoms with van der Waals surface area (Å²) < 4.78 is 24.0. The molecule has 0 aliphatic carbocycles. The largest absolute Gasteiger partial charge is 0.405 e. The van der Waals surface area contributed by atoms with Crippen molar-refractivity contribution in [2.24, 2.45) is 0 Å². The van der Waals surface area contributed by atoms with Crippen molar-refractivity contribution in [3.05, 3.63) is 90.5 Å². The Balaban J connectivity index is 1.33. The number of nitrogens with two attached hydrogens (primary N) is 1. The normalized spacial score (nSPS) is 12.1. The Morgan fingerprint density at radius 1 is 0.595 bits per heavy atom. The van der Waals surface area contributed by atoms with E-state index in [0.717, 1.165) is 25.1 Å². The summed E-state index contributed by atoms with van der Waals surface area (Å²) in [5.74, 6) is 0. The van der Waals surface area contributed by atoms with Gasteiger partial charge in [0, 0.05) is 12.3 Å². The molecule has 37 heavy (non-hydrogen) atoms. The van der Waals surface area contributed by atoms with Crippen molar-refractivity contribution in [1.82, 2.24) is 0 Å². The molecule has 6 heteroatoms. The van der Waals surface area contributed by atoms with Gasteiger partial charge in [-0.15, -0.1) is 0 Å². The molecule has 0 atom stereocenters. The van der Waals surface area contributed by atoms with Crippen LogP contribution < -0.4 is 16.1 Å². The van der Waals surface area contributed by atoms with Gasteiger partial charge in [-0.1, -0.05) is 93.6 Å². The molecule has 0 unspecified atom stereocenters. The second-order valence-electron chi connectivity index (χ2n) is 10.2. The third-order valence-electron chi connectivity index (χ3n) is 6.44. The Bertz CT molecular complexity index is 967. The molecule has 3 rings (SSSR count). The predicted octanol–water partition coefficient (Wildman–Crippen LogP) is 4.83. The molecule has 0 bridgehead atoms. The van der Waals surface area contributed by atoms with Crippen molar-refractivity contribution in [3.8, 4) is 0 Å². The van der Waals surface area contributed by atoms with Gasteiger partial charge in [0.2, 0.25) is 0 Å². The molecule has 0 radical (unpaired) electrons. The third-order valence-corrected chi connectivity index (χ3v) is 11.5. The molecule has 0 amide bonds. The highest BCUT2D eigenvalue weighted by Gasteiger charge is 2.49. The van der Waals surface area contributed by atoms with Crippen molar-refractivity contribution in [2.45, 2.75) is 38.7 Å². The summed E-state index contributed by atoms with van der Waals surface area (Å²) in [4.78, 5) is 0. The van der Waals surface area contributed by atoms with Crippen LogP contribution in [0.3, 0.4) is 0 Å². The molecule has 3 aromatic rings. The van der Waals surface area contributed by atoms with E-state index >= 15 is 0 Å². The van der Waals surface area contributed by atoms with Crippen molar-refractivity contribution >= 4 is 24.4 Å². The molecule has 0 saturated carbocycles. The molecule has 0 aromatic heterocycles. The minimum absolute atomic E-state index is 0.0338. The molecule has 0 aliphatic heterocycles. The fourth-order valence-corrected chi connectivity index (χ4v) is 9.16. The van der Waals surface area contributed by atoms with Gasteiger partial charge in [0.25, 0.3) is 8.32 Å². The Labute approximate surface area is 224 Å². The van der Waals surface area contributed by atoms with E-state index in [2.05, 4.69) is 93.6 Å². The highest BCUT2D eigenvalue weighted by Crippen LogP contribution is 2.36. The Morgan fingerprint density at radius 3 is 1.54 bits per heavy atom. The van der Waals surface area contributed by atoms with Gasteiger partial charge in [-0.05, 0) is 45.9 Å². The summed E-state index contributed by atoms with van der Waals surface area (Å²) in [6, 6.07) is 29.4. The molecule has 5 nitrogen and oxygen atoms in total. The summed E-state index contributed by atoms with van der Waals surface area (Å²) in [6.45, 7) is 10.9. The smallest absolute Gasteiger partial charge is 0.261 e. The van der Waals surface area contributed by atoms with Crippen LogP contribution >= 0.6 is 0 Å². The topological polar surface area (TPSA) is 62.9 Å². The molecular formula is C31H43NO4Si. The molecule has 0 aliphatic rings. The molecule has 3 aromatic carbocycles. The van der Waals surface area contributed by atoms with E-state index in [1.165, 1.54) is 15.9 Å². The lowest BCUT2D eigenvalue weighted by Crippen LogP contribution is -2.66. The van der Waals surface area contributed by atoms with E-state index in [0.29, 0.717) is 39.6 Å². The minimum atomic E-state index is -2.50. The second-order valence-corrected chi connectivity index (χ2v) is 14.5. The van der Waals surface area contributed by atoms with Crippen LogP contribution in [0.2, 0.25) is 5.04 Å². The lowest BCUT2D eigenvalue weighted by molar-refractivity contribution is 0.00848. The SMILES string of the molecule is CC(C)(C)[Si](OCCOCCOCCOCCCc1ccc(N)cc1)(c1ccccc1)c1ccccc1. The molecular weight excluding hydrogens is 478 g/mol. The zero-order valence-corrected chi connectivity index (χ0v) is 23.7. The zero-order valence-electron chi connectivity index (χ0n) is 22.7. The van der Waals surface area contributed by atoms with Gasteiger partial charge < -0.3 is 24.4 Å². The fourth-order valence-electron chi connectivity index (χ4n) is 4.62. The number of nitrogen functional groups attached to an aromatic ring is 1. The van der Waals surface area contributed by atoms with Gasteiger partial charge in [0.1, 0.15) is 0 Å². The number of benzene rings is 3. The quantitative estimate of drug-likeness (QED) is 0.166. The van der Waals surface area contributed by atoms with Crippen molar-refractivity contribution in [2.75, 3.05) is 52.0 Å². The van der Waals surface area contributed by atoms with Gasteiger partial charge in [-0.3, -0.25) is 0 Å². The second kappa shape index (κ2) is 15.1. The summed E-state index contributed by atoms with van der Waals surface area (Å²) in [5, 5.41) is 2.53. The number of aryl methyl sites for hydroxylation is 1. The molecule has 0 fully saturated rings. The van der Waals surface area contributed by atoms with Crippen molar-refractivity contribution < 1.29 is 18.6 Å². The predicted molar refractivity (Wildman–Crippen MR) is 155 cm³/mol. The standard InChI is InChI=1S/C31H43NO4Si/c1-31(2,3)37(29-12-6-4-7-13-29,30-14-8-5-9-15-30)36-26-25-35-24-23-34-22-21-33-20-10-11-27-16-18-28(32)19-17-27/h4-9,12-19H,10-11,20-26,32H2,1-3H3. The van der Waals surface area contributed by atoms with Gasteiger partial charge in [-0.2, -0.15) is 0 Å². The van der Waals surface area contributed by atoms with E-state index in [4.69, 9.17) is 24.4 Å². The maximum Gasteiger partial charge on any atom is 0.261 e. The van der Waals surface area contributed by atoms with E-state index in [9.17, 15) is 0 Å². The number of hydrogen-bond acceptors (Lipinski definition) is 5. The highest BCUT2D eigenvalue weighted by atomic mass is 28.4. The first-order chi connectivity index (χ1) is 17.9. The van der Waals surface area contributed by atoms with Gasteiger partial charge in [0.15, 0.2) is 0 Å².